The highest BCUT2D eigenvalue weighted by Crippen LogP contribution is 2.38. The van der Waals surface area contributed by atoms with Crippen LogP contribution in [0.25, 0.3) is 22.7 Å². The zero-order valence-corrected chi connectivity index (χ0v) is 26.1. The molecular weight excluding hydrogens is 647 g/mol. The quantitative estimate of drug-likeness (QED) is 0.113. The maximum atomic E-state index is 13.7. The largest absolute Gasteiger partial charge is 0.499 e. The van der Waals surface area contributed by atoms with E-state index in [0.717, 1.165) is 12.3 Å². The second-order valence-electron chi connectivity index (χ2n) is 11.2. The Morgan fingerprint density at radius 2 is 1.74 bits per heavy atom. The number of hydrogen-bond donors (Lipinski definition) is 1. The molecule has 2 aromatic carbocycles. The fourth-order valence-corrected chi connectivity index (χ4v) is 6.22. The van der Waals surface area contributed by atoms with Gasteiger partial charge in [-0.3, -0.25) is 14.0 Å². The van der Waals surface area contributed by atoms with Crippen LogP contribution in [0.3, 0.4) is 0 Å². The molecule has 10 nitrogen and oxygen atoms in total. The van der Waals surface area contributed by atoms with Gasteiger partial charge in [-0.1, -0.05) is 24.3 Å². The lowest BCUT2D eigenvalue weighted by Crippen LogP contribution is -2.41. The van der Waals surface area contributed by atoms with Crippen LogP contribution in [0.5, 0.6) is 5.75 Å². The lowest BCUT2D eigenvalue weighted by atomic mass is 9.96. The number of carbonyl (C=O) groups is 1. The van der Waals surface area contributed by atoms with Crippen LogP contribution < -0.4 is 15.4 Å². The van der Waals surface area contributed by atoms with Gasteiger partial charge in [0.2, 0.25) is 18.2 Å². The third-order valence-electron chi connectivity index (χ3n) is 6.73. The molecule has 0 spiro atoms. The van der Waals surface area contributed by atoms with Gasteiger partial charge in [0, 0.05) is 22.9 Å². The highest BCUT2D eigenvalue weighted by molar-refractivity contribution is 8.00. The van der Waals surface area contributed by atoms with Crippen LogP contribution in [0.15, 0.2) is 70.1 Å². The van der Waals surface area contributed by atoms with Crippen molar-refractivity contribution in [2.24, 2.45) is 5.73 Å². The Labute approximate surface area is 267 Å². The van der Waals surface area contributed by atoms with Gasteiger partial charge in [0.25, 0.3) is 0 Å². The number of nitrogens with two attached hydrogens (primary N) is 1. The van der Waals surface area contributed by atoms with E-state index in [1.54, 1.807) is 63.2 Å². The Bertz CT molecular complexity index is 1890. The van der Waals surface area contributed by atoms with E-state index in [2.05, 4.69) is 31.9 Å². The van der Waals surface area contributed by atoms with Crippen molar-refractivity contribution in [3.8, 4) is 34.5 Å². The van der Waals surface area contributed by atoms with Gasteiger partial charge in [0.1, 0.15) is 11.2 Å². The summed E-state index contributed by atoms with van der Waals surface area (Å²) >= 11 is 0. The molecule has 4 rings (SSSR count). The molecule has 0 radical (unpaired) electrons. The molecule has 1 unspecified atom stereocenters. The Balaban J connectivity index is 1.63. The molecule has 1 amide bonds. The smallest absolute Gasteiger partial charge is 0.424 e. The van der Waals surface area contributed by atoms with E-state index < -0.39 is 39.0 Å². The molecule has 2 aromatic heterocycles. The number of hydrogen-bond acceptors (Lipinski definition) is 9. The maximum absolute atomic E-state index is 13.7. The zero-order chi connectivity index (χ0) is 34.8. The summed E-state index contributed by atoms with van der Waals surface area (Å²) in [5.74, 6) is 3.32. The van der Waals surface area contributed by atoms with Crippen LogP contribution in [0.1, 0.15) is 32.2 Å². The first-order valence-electron chi connectivity index (χ1n) is 13.8. The molecule has 0 aliphatic rings. The van der Waals surface area contributed by atoms with Crippen LogP contribution in [-0.4, -0.2) is 55.8 Å². The van der Waals surface area contributed by atoms with E-state index in [4.69, 9.17) is 10.2 Å². The van der Waals surface area contributed by atoms with Crippen LogP contribution in [0.4, 0.5) is 27.6 Å². The topological polar surface area (TPSA) is 148 Å². The summed E-state index contributed by atoms with van der Waals surface area (Å²) in [7, 11) is -2.99. The average Bonchev–Trinajstić information content (AvgIpc) is 3.51. The van der Waals surface area contributed by atoms with Crippen molar-refractivity contribution < 1.29 is 40.1 Å². The number of anilines is 1. The summed E-state index contributed by atoms with van der Waals surface area (Å²) in [6, 6.07) is 15.0. The Kier molecular flexibility index (Phi) is 9.74. The fourth-order valence-electron chi connectivity index (χ4n) is 4.32. The molecule has 248 valence electrons. The van der Waals surface area contributed by atoms with Gasteiger partial charge in [-0.15, -0.1) is 10.2 Å². The van der Waals surface area contributed by atoms with Crippen LogP contribution >= 0.6 is 0 Å². The minimum Gasteiger partial charge on any atom is -0.424 e. The van der Waals surface area contributed by atoms with E-state index in [1.807, 2.05) is 0 Å². The number of ether oxygens (including phenoxy) is 1. The van der Waals surface area contributed by atoms with Gasteiger partial charge in [-0.2, -0.15) is 27.2 Å². The SMILES string of the molecule is C=S(=O)(C[C@@H](C)N)c1ccc(-c2nnc(C(C)(C)C#N)o2)cc1N(C=O)Cc1ccc(-c2ccc(OC(F)(F)C(F)(F)F)cn2)cc1. The number of pyridine rings is 1. The minimum atomic E-state index is -5.89. The number of halogens is 5. The first-order valence-corrected chi connectivity index (χ1v) is 15.7. The van der Waals surface area contributed by atoms with Gasteiger partial charge >= 0.3 is 12.3 Å². The van der Waals surface area contributed by atoms with Crippen LogP contribution in [0.2, 0.25) is 0 Å². The molecule has 2 N–H and O–H groups in total. The molecule has 47 heavy (non-hydrogen) atoms. The van der Waals surface area contributed by atoms with Gasteiger partial charge in [0.15, 0.2) is 0 Å². The second-order valence-corrected chi connectivity index (χ2v) is 13.6. The predicted molar refractivity (Wildman–Crippen MR) is 164 cm³/mol. The average molecular weight is 677 g/mol. The lowest BCUT2D eigenvalue weighted by Gasteiger charge is -2.24. The molecule has 16 heteroatoms. The molecule has 0 saturated heterocycles. The Morgan fingerprint density at radius 1 is 1.09 bits per heavy atom. The Hall–Kier alpha value is -4.88. The summed E-state index contributed by atoms with van der Waals surface area (Å²) in [5, 5.41) is 17.4. The molecule has 4 aromatic rings. The highest BCUT2D eigenvalue weighted by atomic mass is 32.2. The van der Waals surface area contributed by atoms with Gasteiger partial charge in [-0.25, -0.2) is 0 Å². The first kappa shape index (κ1) is 35.0. The number of rotatable bonds is 12. The number of alkyl halides is 5. The summed E-state index contributed by atoms with van der Waals surface area (Å²) in [4.78, 5) is 18.0. The van der Waals surface area contributed by atoms with Crippen molar-refractivity contribution in [2.75, 3.05) is 10.7 Å². The fraction of sp³-hybridized carbons (Fsp3) is 0.290. The molecular formula is C31H29F5N6O4S. The summed E-state index contributed by atoms with van der Waals surface area (Å²) in [6.45, 7) is 4.91. The minimum absolute atomic E-state index is 0.00277. The van der Waals surface area contributed by atoms with Gasteiger partial charge in [-0.05, 0) is 72.1 Å². The van der Waals surface area contributed by atoms with Crippen LogP contribution in [-0.2, 0) is 26.3 Å². The van der Waals surface area contributed by atoms with E-state index in [1.165, 1.54) is 11.0 Å². The van der Waals surface area contributed by atoms with E-state index >= 15 is 0 Å². The lowest BCUT2D eigenvalue weighted by molar-refractivity contribution is -0.360. The van der Waals surface area contributed by atoms with Crippen LogP contribution in [0, 0.1) is 11.3 Å². The summed E-state index contributed by atoms with van der Waals surface area (Å²) < 4.78 is 87.0. The molecule has 2 atom stereocenters. The van der Waals surface area contributed by atoms with E-state index in [9.17, 15) is 36.2 Å². The summed E-state index contributed by atoms with van der Waals surface area (Å²) in [6.07, 6.45) is -9.98. The predicted octanol–water partition coefficient (Wildman–Crippen LogP) is 5.72. The standard InChI is InChI=1S/C31H29F5N6O4S/c1-19(38)16-47(4,44)26-12-9-22(27-40-41-28(45-27)29(2,3)17-37)13-25(26)42(18-43)15-20-5-7-21(8-6-20)24-11-10-23(14-39-24)46-31(35,36)30(32,33)34/h5-14,18-19H,4,15-16,38H2,1-3H3/t19-,47?/m1/s1. The number of amides is 1. The molecule has 0 bridgehead atoms. The maximum Gasteiger partial charge on any atom is 0.499 e. The molecule has 2 heterocycles. The van der Waals surface area contributed by atoms with Crippen molar-refractivity contribution in [1.82, 2.24) is 15.2 Å². The van der Waals surface area contributed by atoms with Crippen molar-refractivity contribution in [3.05, 3.63) is 72.2 Å². The molecule has 0 fully saturated rings. The van der Waals surface area contributed by atoms with Gasteiger partial charge < -0.3 is 19.8 Å². The number of carbonyl (C=O) groups excluding carboxylic acids is 1. The third-order valence-corrected chi connectivity index (χ3v) is 8.94. The number of aromatic nitrogens is 3. The second kappa shape index (κ2) is 13.1. The Morgan fingerprint density at radius 3 is 2.30 bits per heavy atom. The first-order chi connectivity index (χ1) is 21.9. The third kappa shape index (κ3) is 7.92. The van der Waals surface area contributed by atoms with E-state index in [0.29, 0.717) is 23.1 Å². The highest BCUT2D eigenvalue weighted by Gasteiger charge is 2.61. The number of nitrogens with zero attached hydrogens (tertiary/aromatic N) is 5. The van der Waals surface area contributed by atoms with E-state index in [-0.39, 0.29) is 40.4 Å². The molecule has 0 aliphatic carbocycles. The monoisotopic (exact) mass is 676 g/mol. The van der Waals surface area contributed by atoms with Crippen molar-refractivity contribution in [2.45, 2.75) is 56.0 Å². The van der Waals surface area contributed by atoms with Crippen molar-refractivity contribution in [3.63, 3.8) is 0 Å². The van der Waals surface area contributed by atoms with Gasteiger partial charge in [0.05, 0.1) is 35.1 Å². The molecule has 0 saturated carbocycles. The molecule has 0 aliphatic heterocycles. The number of nitriles is 1. The summed E-state index contributed by atoms with van der Waals surface area (Å²) in [5.41, 5.74) is 6.88. The number of benzene rings is 2. The van der Waals surface area contributed by atoms with Crippen molar-refractivity contribution in [1.29, 1.82) is 5.26 Å². The van der Waals surface area contributed by atoms with Crippen molar-refractivity contribution >= 4 is 27.5 Å². The zero-order valence-electron chi connectivity index (χ0n) is 25.3. The normalized spacial score (nSPS) is 14.1.